The summed E-state index contributed by atoms with van der Waals surface area (Å²) < 4.78 is 5.94. The molecule has 1 aliphatic carbocycles. The van der Waals surface area contributed by atoms with E-state index < -0.39 is 5.97 Å². The zero-order chi connectivity index (χ0) is 23.2. The minimum atomic E-state index is -1.10. The SMILES string of the molecule is C/C(=N\OC(c1ccc(OCc2ccc3ccccc3n2)c(Cl)c1)C1CCCCC1)C(=O)O. The number of ether oxygens (including phenoxy) is 1. The van der Waals surface area contributed by atoms with Crippen molar-refractivity contribution in [2.24, 2.45) is 11.1 Å². The number of hydrogen-bond acceptors (Lipinski definition) is 5. The van der Waals surface area contributed by atoms with Gasteiger partial charge in [-0.05, 0) is 49.6 Å². The van der Waals surface area contributed by atoms with Crippen LogP contribution in [0, 0.1) is 5.92 Å². The van der Waals surface area contributed by atoms with Crippen molar-refractivity contribution in [2.75, 3.05) is 0 Å². The van der Waals surface area contributed by atoms with E-state index in [0.29, 0.717) is 17.4 Å². The Labute approximate surface area is 198 Å². The van der Waals surface area contributed by atoms with E-state index in [1.807, 2.05) is 54.6 Å². The van der Waals surface area contributed by atoms with Gasteiger partial charge in [0.1, 0.15) is 12.4 Å². The molecular weight excluding hydrogens is 440 g/mol. The Kier molecular flexibility index (Phi) is 7.45. The Morgan fingerprint density at radius 3 is 2.70 bits per heavy atom. The molecule has 2 aromatic carbocycles. The maximum atomic E-state index is 11.1. The molecule has 1 saturated carbocycles. The number of carboxylic acid groups (broad SMARTS) is 1. The largest absolute Gasteiger partial charge is 0.486 e. The van der Waals surface area contributed by atoms with Gasteiger partial charge >= 0.3 is 5.97 Å². The maximum absolute atomic E-state index is 11.1. The summed E-state index contributed by atoms with van der Waals surface area (Å²) in [5, 5.41) is 14.5. The van der Waals surface area contributed by atoms with E-state index >= 15 is 0 Å². The second kappa shape index (κ2) is 10.7. The molecule has 0 aliphatic heterocycles. The average Bonchev–Trinajstić information content (AvgIpc) is 2.84. The highest BCUT2D eigenvalue weighted by Gasteiger charge is 2.28. The first-order chi connectivity index (χ1) is 16.0. The predicted molar refractivity (Wildman–Crippen MR) is 129 cm³/mol. The summed E-state index contributed by atoms with van der Waals surface area (Å²) in [4.78, 5) is 21.5. The van der Waals surface area contributed by atoms with Gasteiger partial charge in [0.2, 0.25) is 0 Å². The van der Waals surface area contributed by atoms with Crippen molar-refractivity contribution in [3.05, 3.63) is 70.9 Å². The summed E-state index contributed by atoms with van der Waals surface area (Å²) in [6.07, 6.45) is 5.12. The number of oxime groups is 1. The van der Waals surface area contributed by atoms with E-state index in [2.05, 4.69) is 10.1 Å². The van der Waals surface area contributed by atoms with Crippen LogP contribution in [0.15, 0.2) is 59.8 Å². The van der Waals surface area contributed by atoms with Crippen LogP contribution in [-0.2, 0) is 16.2 Å². The standard InChI is InChI=1S/C26H27ClN2O4/c1-17(26(30)31)29-33-25(19-8-3-2-4-9-19)20-12-14-24(22(27)15-20)32-16-21-13-11-18-7-5-6-10-23(18)28-21/h5-7,10-15,19,25H,2-4,8-9,16H2,1H3,(H,30,31)/b29-17+. The van der Waals surface area contributed by atoms with Crippen LogP contribution in [0.2, 0.25) is 5.02 Å². The summed E-state index contributed by atoms with van der Waals surface area (Å²) in [6, 6.07) is 17.5. The van der Waals surface area contributed by atoms with E-state index in [0.717, 1.165) is 47.8 Å². The second-order valence-electron chi connectivity index (χ2n) is 8.38. The minimum absolute atomic E-state index is 0.0789. The number of rotatable bonds is 8. The van der Waals surface area contributed by atoms with Crippen molar-refractivity contribution in [1.82, 2.24) is 4.98 Å². The molecule has 3 aromatic rings. The molecule has 0 radical (unpaired) electrons. The van der Waals surface area contributed by atoms with Crippen LogP contribution in [0.25, 0.3) is 10.9 Å². The molecule has 33 heavy (non-hydrogen) atoms. The fourth-order valence-electron chi connectivity index (χ4n) is 4.18. The Hall–Kier alpha value is -3.12. The number of fused-ring (bicyclic) bond motifs is 1. The lowest BCUT2D eigenvalue weighted by atomic mass is 9.82. The average molecular weight is 467 g/mol. The van der Waals surface area contributed by atoms with Crippen molar-refractivity contribution in [1.29, 1.82) is 0 Å². The molecule has 0 amide bonds. The van der Waals surface area contributed by atoms with Gasteiger partial charge in [-0.3, -0.25) is 0 Å². The molecule has 1 fully saturated rings. The molecule has 1 atom stereocenters. The number of aromatic nitrogens is 1. The molecule has 7 heteroatoms. The normalized spacial score (nSPS) is 15.9. The zero-order valence-electron chi connectivity index (χ0n) is 18.5. The van der Waals surface area contributed by atoms with Gasteiger partial charge < -0.3 is 14.7 Å². The van der Waals surface area contributed by atoms with Gasteiger partial charge in [-0.25, -0.2) is 9.78 Å². The van der Waals surface area contributed by atoms with Crippen LogP contribution in [-0.4, -0.2) is 21.8 Å². The van der Waals surface area contributed by atoms with Crippen molar-refractivity contribution < 1.29 is 19.5 Å². The number of para-hydroxylation sites is 1. The molecule has 6 nitrogen and oxygen atoms in total. The van der Waals surface area contributed by atoms with Crippen molar-refractivity contribution in [3.63, 3.8) is 0 Å². The Morgan fingerprint density at radius 1 is 1.15 bits per heavy atom. The van der Waals surface area contributed by atoms with E-state index in [4.69, 9.17) is 26.3 Å². The molecule has 1 aliphatic rings. The van der Waals surface area contributed by atoms with Crippen LogP contribution in [0.1, 0.15) is 56.4 Å². The highest BCUT2D eigenvalue weighted by atomic mass is 35.5. The molecule has 1 unspecified atom stereocenters. The third-order valence-corrected chi connectivity index (χ3v) is 6.30. The van der Waals surface area contributed by atoms with E-state index in [1.54, 1.807) is 0 Å². The lowest BCUT2D eigenvalue weighted by Crippen LogP contribution is -2.19. The molecule has 0 saturated heterocycles. The second-order valence-corrected chi connectivity index (χ2v) is 8.79. The number of hydrogen-bond donors (Lipinski definition) is 1. The molecule has 1 heterocycles. The number of carbonyl (C=O) groups is 1. The van der Waals surface area contributed by atoms with E-state index in [-0.39, 0.29) is 17.7 Å². The van der Waals surface area contributed by atoms with Crippen LogP contribution < -0.4 is 4.74 Å². The summed E-state index contributed by atoms with van der Waals surface area (Å²) in [6.45, 7) is 1.72. The van der Waals surface area contributed by atoms with Gasteiger partial charge in [0.15, 0.2) is 11.8 Å². The lowest BCUT2D eigenvalue weighted by Gasteiger charge is -2.29. The van der Waals surface area contributed by atoms with Crippen LogP contribution >= 0.6 is 11.6 Å². The smallest absolute Gasteiger partial charge is 0.353 e. The predicted octanol–water partition coefficient (Wildman–Crippen LogP) is 6.57. The molecule has 4 rings (SSSR count). The molecule has 0 bridgehead atoms. The van der Waals surface area contributed by atoms with E-state index in [9.17, 15) is 4.79 Å². The third kappa shape index (κ3) is 5.82. The highest BCUT2D eigenvalue weighted by molar-refractivity contribution is 6.34. The van der Waals surface area contributed by atoms with Crippen molar-refractivity contribution in [2.45, 2.75) is 51.7 Å². The first-order valence-electron chi connectivity index (χ1n) is 11.2. The van der Waals surface area contributed by atoms with Gasteiger partial charge in [0.05, 0.1) is 16.2 Å². The first kappa shape index (κ1) is 23.1. The van der Waals surface area contributed by atoms with Crippen LogP contribution in [0.3, 0.4) is 0 Å². The van der Waals surface area contributed by atoms with Gasteiger partial charge in [-0.1, -0.05) is 66.4 Å². The maximum Gasteiger partial charge on any atom is 0.353 e. The summed E-state index contributed by atoms with van der Waals surface area (Å²) >= 11 is 6.56. The quantitative estimate of drug-likeness (QED) is 0.300. The third-order valence-electron chi connectivity index (χ3n) is 6.01. The van der Waals surface area contributed by atoms with Crippen LogP contribution in [0.5, 0.6) is 5.75 Å². The molecule has 172 valence electrons. The van der Waals surface area contributed by atoms with Crippen molar-refractivity contribution in [3.8, 4) is 5.75 Å². The zero-order valence-corrected chi connectivity index (χ0v) is 19.3. The Morgan fingerprint density at radius 2 is 1.94 bits per heavy atom. The molecule has 0 spiro atoms. The summed E-state index contributed by atoms with van der Waals surface area (Å²) in [5.41, 5.74) is 2.52. The molecule has 1 N–H and O–H groups in total. The van der Waals surface area contributed by atoms with Gasteiger partial charge in [-0.2, -0.15) is 0 Å². The number of carboxylic acids is 1. The fourth-order valence-corrected chi connectivity index (χ4v) is 4.43. The fraction of sp³-hybridized carbons (Fsp3) is 0.346. The number of halogens is 1. The Bertz CT molecular complexity index is 1160. The first-order valence-corrected chi connectivity index (χ1v) is 11.6. The number of aliphatic carboxylic acids is 1. The summed E-state index contributed by atoms with van der Waals surface area (Å²) in [7, 11) is 0. The van der Waals surface area contributed by atoms with Gasteiger partial charge in [0, 0.05) is 11.3 Å². The molecule has 1 aromatic heterocycles. The van der Waals surface area contributed by atoms with Gasteiger partial charge in [0.25, 0.3) is 0 Å². The number of pyridine rings is 1. The van der Waals surface area contributed by atoms with Crippen molar-refractivity contribution >= 4 is 34.2 Å². The minimum Gasteiger partial charge on any atom is -0.486 e. The monoisotopic (exact) mass is 466 g/mol. The highest BCUT2D eigenvalue weighted by Crippen LogP contribution is 2.39. The number of benzene rings is 2. The summed E-state index contributed by atoms with van der Waals surface area (Å²) in [5.74, 6) is -0.279. The molecular formula is C26H27ClN2O4. The van der Waals surface area contributed by atoms with Gasteiger partial charge in [-0.15, -0.1) is 0 Å². The topological polar surface area (TPSA) is 81.0 Å². The number of nitrogens with zero attached hydrogens (tertiary/aromatic N) is 2. The van der Waals surface area contributed by atoms with Crippen LogP contribution in [0.4, 0.5) is 0 Å². The van der Waals surface area contributed by atoms with E-state index in [1.165, 1.54) is 13.3 Å². The lowest BCUT2D eigenvalue weighted by molar-refractivity contribution is -0.129. The Balaban J connectivity index is 1.50.